The van der Waals surface area contributed by atoms with E-state index < -0.39 is 0 Å². The number of anilines is 12. The third-order valence-corrected chi connectivity index (χ3v) is 20.5. The van der Waals surface area contributed by atoms with Crippen LogP contribution in [-0.2, 0) is 0 Å². The van der Waals surface area contributed by atoms with Crippen LogP contribution in [0.4, 0.5) is 68.2 Å². The number of hydrogen-bond acceptors (Lipinski definition) is 4. The van der Waals surface area contributed by atoms with Crippen molar-refractivity contribution in [2.75, 3.05) is 19.6 Å². The Hall–Kier alpha value is -13.5. The van der Waals surface area contributed by atoms with Gasteiger partial charge in [-0.3, -0.25) is 0 Å². The Morgan fingerprint density at radius 1 is 0.118 bits per heavy atom. The first kappa shape index (κ1) is 59.7. The van der Waals surface area contributed by atoms with Crippen LogP contribution in [0.1, 0.15) is 0 Å². The molecule has 0 aliphatic carbocycles. The highest BCUT2D eigenvalue weighted by Gasteiger charge is 2.24. The molecule has 0 unspecified atom stereocenters. The number of fused-ring (bicyclic) bond motifs is 10. The number of rotatable bonds is 14. The zero-order valence-electron chi connectivity index (χ0n) is 55.9. The summed E-state index contributed by atoms with van der Waals surface area (Å²) in [6, 6.07) is 147. The van der Waals surface area contributed by atoms with Crippen LogP contribution in [0.2, 0.25) is 0 Å². The van der Waals surface area contributed by atoms with Crippen molar-refractivity contribution >= 4 is 154 Å². The monoisotopic (exact) mass is 1300 g/mol. The van der Waals surface area contributed by atoms with Gasteiger partial charge in [0.15, 0.2) is 0 Å². The number of hydrogen-bond donors (Lipinski definition) is 0. The molecule has 19 rings (SSSR count). The van der Waals surface area contributed by atoms with E-state index in [1.165, 1.54) is 86.2 Å². The van der Waals surface area contributed by atoms with Gasteiger partial charge in [0.05, 0.1) is 22.7 Å². The topological polar surface area (TPSA) is 13.0 Å². The highest BCUT2D eigenvalue weighted by Crippen LogP contribution is 2.49. The Morgan fingerprint density at radius 3 is 0.706 bits per heavy atom. The fraction of sp³-hybridized carbons (Fsp3) is 0. The molecule has 0 fully saturated rings. The minimum Gasteiger partial charge on any atom is -0.310 e. The highest BCUT2D eigenvalue weighted by molar-refractivity contribution is 6.16. The van der Waals surface area contributed by atoms with E-state index in [0.29, 0.717) is 0 Å². The fourth-order valence-corrected chi connectivity index (χ4v) is 15.5. The van der Waals surface area contributed by atoms with Crippen LogP contribution in [-0.4, -0.2) is 0 Å². The van der Waals surface area contributed by atoms with Gasteiger partial charge in [0.1, 0.15) is 0 Å². The van der Waals surface area contributed by atoms with Crippen LogP contribution in [0.15, 0.2) is 400 Å². The Balaban J connectivity index is 0.644. The van der Waals surface area contributed by atoms with Gasteiger partial charge >= 0.3 is 0 Å². The van der Waals surface area contributed by atoms with Gasteiger partial charge in [-0.25, -0.2) is 0 Å². The molecular weight excluding hydrogens is 1230 g/mol. The third-order valence-electron chi connectivity index (χ3n) is 20.5. The zero-order chi connectivity index (χ0) is 67.5. The van der Waals surface area contributed by atoms with E-state index in [-0.39, 0.29) is 0 Å². The van der Waals surface area contributed by atoms with Gasteiger partial charge in [-0.15, -0.1) is 0 Å². The molecule has 0 bridgehead atoms. The van der Waals surface area contributed by atoms with Gasteiger partial charge in [0.2, 0.25) is 0 Å². The van der Waals surface area contributed by atoms with Crippen molar-refractivity contribution in [1.29, 1.82) is 0 Å². The Labute approximate surface area is 592 Å². The second kappa shape index (κ2) is 25.4. The molecule has 0 aromatic heterocycles. The largest absolute Gasteiger partial charge is 0.310 e. The molecule has 0 saturated heterocycles. The molecule has 0 aliphatic heterocycles. The molecule has 0 aliphatic rings. The van der Waals surface area contributed by atoms with E-state index >= 15 is 0 Å². The lowest BCUT2D eigenvalue weighted by atomic mass is 9.98. The molecular formula is C98H66N4. The van der Waals surface area contributed by atoms with Crippen molar-refractivity contribution in [3.8, 4) is 22.3 Å². The maximum absolute atomic E-state index is 2.43. The van der Waals surface area contributed by atoms with Gasteiger partial charge in [0.25, 0.3) is 0 Å². The molecule has 4 heteroatoms. The van der Waals surface area contributed by atoms with Crippen LogP contribution in [0.25, 0.3) is 108 Å². The zero-order valence-corrected chi connectivity index (χ0v) is 55.9. The molecule has 478 valence electrons. The highest BCUT2D eigenvalue weighted by atomic mass is 15.2. The van der Waals surface area contributed by atoms with Crippen LogP contribution in [0.3, 0.4) is 0 Å². The predicted molar refractivity (Wildman–Crippen MR) is 436 cm³/mol. The minimum absolute atomic E-state index is 1.06. The van der Waals surface area contributed by atoms with Crippen molar-refractivity contribution in [2.45, 2.75) is 0 Å². The number of benzene rings is 19. The SMILES string of the molecule is c1ccc2cc(N(c3ccc(N(c4ccc(-c5ccc(-c6ccc(N(c7ccc(N(c8ccc9ccccc9c8)c8cc9ccccc9c9ccccc89)cc7)c7cccc8ccccc78)cc6)cc5)cc4)c4cccc5ccccc45)cc3)c3cc4ccccc4c4ccccc34)ccc2c1. The second-order valence-corrected chi connectivity index (χ2v) is 26.4. The van der Waals surface area contributed by atoms with Crippen LogP contribution in [0, 0.1) is 0 Å². The summed E-state index contributed by atoms with van der Waals surface area (Å²) in [5.41, 5.74) is 17.7. The lowest BCUT2D eigenvalue weighted by Gasteiger charge is -2.30. The standard InChI is InChI=1S/C98H66N4/c1-3-23-75-63-85(53-47-67(75)19-1)101(97-65-77-25-7-9-29-87(77)91-33-13-15-35-93(91)97)83-59-55-81(56-60-83)99(95-37-17-27-73-21-5-11-31-89(73)95)79-49-43-71(44-50-79)69-39-41-70(42-40-69)72-45-51-80(52-46-72)100(96-38-18-28-74-22-6-12-32-90(74)96)82-57-61-84(62-58-82)102(86-54-48-68-20-2-4-24-76(68)64-86)98-66-78-26-8-10-30-88(78)92-34-14-16-36-94(92)98/h1-66H. The van der Waals surface area contributed by atoms with E-state index in [9.17, 15) is 0 Å². The summed E-state index contributed by atoms with van der Waals surface area (Å²) in [7, 11) is 0. The maximum Gasteiger partial charge on any atom is 0.0546 e. The molecule has 0 heterocycles. The first-order chi connectivity index (χ1) is 50.6. The minimum atomic E-state index is 1.06. The van der Waals surface area contributed by atoms with Gasteiger partial charge in [-0.05, 0) is 208 Å². The maximum atomic E-state index is 2.43. The second-order valence-electron chi connectivity index (χ2n) is 26.4. The first-order valence-electron chi connectivity index (χ1n) is 35.0. The fourth-order valence-electron chi connectivity index (χ4n) is 15.5. The molecule has 0 radical (unpaired) electrons. The lowest BCUT2D eigenvalue weighted by Crippen LogP contribution is -2.13. The van der Waals surface area contributed by atoms with Crippen molar-refractivity contribution in [2.24, 2.45) is 0 Å². The van der Waals surface area contributed by atoms with E-state index in [1.807, 2.05) is 0 Å². The summed E-state index contributed by atoms with van der Waals surface area (Å²) in [6.07, 6.45) is 0. The Bertz CT molecular complexity index is 5980. The smallest absolute Gasteiger partial charge is 0.0546 e. The summed E-state index contributed by atoms with van der Waals surface area (Å²) in [4.78, 5) is 9.67. The van der Waals surface area contributed by atoms with E-state index in [2.05, 4.69) is 420 Å². The van der Waals surface area contributed by atoms with E-state index in [1.54, 1.807) is 0 Å². The lowest BCUT2D eigenvalue weighted by molar-refractivity contribution is 1.27. The third kappa shape index (κ3) is 10.7. The van der Waals surface area contributed by atoms with Crippen molar-refractivity contribution in [3.05, 3.63) is 400 Å². The van der Waals surface area contributed by atoms with Crippen molar-refractivity contribution in [3.63, 3.8) is 0 Å². The van der Waals surface area contributed by atoms with Crippen molar-refractivity contribution in [1.82, 2.24) is 0 Å². The summed E-state index contributed by atoms with van der Waals surface area (Å²) in [6.45, 7) is 0. The van der Waals surface area contributed by atoms with Gasteiger partial charge in [-0.2, -0.15) is 0 Å². The predicted octanol–water partition coefficient (Wildman–Crippen LogP) is 28.1. The Morgan fingerprint density at radius 2 is 0.353 bits per heavy atom. The quantitative estimate of drug-likeness (QED) is 0.101. The van der Waals surface area contributed by atoms with E-state index in [4.69, 9.17) is 0 Å². The van der Waals surface area contributed by atoms with Crippen LogP contribution >= 0.6 is 0 Å². The van der Waals surface area contributed by atoms with Crippen LogP contribution < -0.4 is 19.6 Å². The first-order valence-corrected chi connectivity index (χ1v) is 35.0. The molecule has 4 nitrogen and oxygen atoms in total. The summed E-state index contributed by atoms with van der Waals surface area (Å²) in [5.74, 6) is 0. The molecule has 102 heavy (non-hydrogen) atoms. The normalized spacial score (nSPS) is 11.5. The van der Waals surface area contributed by atoms with Gasteiger partial charge in [0, 0.05) is 67.0 Å². The Kier molecular flexibility index (Phi) is 14.9. The average molecular weight is 1300 g/mol. The van der Waals surface area contributed by atoms with Crippen LogP contribution in [0.5, 0.6) is 0 Å². The van der Waals surface area contributed by atoms with Gasteiger partial charge in [-0.1, -0.05) is 279 Å². The molecule has 0 amide bonds. The molecule has 0 atom stereocenters. The summed E-state index contributed by atoms with van der Waals surface area (Å²) in [5, 5.41) is 19.3. The number of nitrogens with zero attached hydrogens (tertiary/aromatic N) is 4. The molecule has 0 N–H and O–H groups in total. The van der Waals surface area contributed by atoms with Crippen molar-refractivity contribution < 1.29 is 0 Å². The molecule has 19 aromatic carbocycles. The molecule has 19 aromatic rings. The van der Waals surface area contributed by atoms with E-state index in [0.717, 1.165) is 90.5 Å². The summed E-state index contributed by atoms with van der Waals surface area (Å²) < 4.78 is 0. The van der Waals surface area contributed by atoms with Gasteiger partial charge < -0.3 is 19.6 Å². The molecule has 0 spiro atoms. The average Bonchev–Trinajstić information content (AvgIpc) is 0.753. The molecule has 0 saturated carbocycles. The summed E-state index contributed by atoms with van der Waals surface area (Å²) >= 11 is 0.